The Bertz CT molecular complexity index is 1440. The Morgan fingerprint density at radius 1 is 0.838 bits per heavy atom. The fourth-order valence-corrected chi connectivity index (χ4v) is 5.23. The summed E-state index contributed by atoms with van der Waals surface area (Å²) in [6.45, 7) is 9.02. The maximum absolute atomic E-state index is 5.61. The highest BCUT2D eigenvalue weighted by atomic mass is 16.5. The van der Waals surface area contributed by atoms with Crippen LogP contribution >= 0.6 is 0 Å². The predicted molar refractivity (Wildman–Crippen MR) is 150 cm³/mol. The molecule has 4 aromatic rings. The van der Waals surface area contributed by atoms with Crippen LogP contribution in [0.25, 0.3) is 22.0 Å². The molecule has 7 heteroatoms. The molecule has 0 amide bonds. The van der Waals surface area contributed by atoms with Gasteiger partial charge in [-0.2, -0.15) is 4.98 Å². The SMILES string of the molecule is CC1=CN(c2ncccc2C)CCCN1c1cc(-c2cccc3ccccc23)nc(N2CCOCC2)n1. The van der Waals surface area contributed by atoms with Crippen LogP contribution in [0.3, 0.4) is 0 Å². The molecule has 1 saturated heterocycles. The van der Waals surface area contributed by atoms with Crippen LogP contribution < -0.4 is 14.7 Å². The Kier molecular flexibility index (Phi) is 6.45. The summed E-state index contributed by atoms with van der Waals surface area (Å²) in [5.74, 6) is 2.70. The number of ether oxygens (including phenoxy) is 1. The van der Waals surface area contributed by atoms with E-state index in [9.17, 15) is 0 Å². The fourth-order valence-electron chi connectivity index (χ4n) is 5.23. The summed E-state index contributed by atoms with van der Waals surface area (Å²) < 4.78 is 5.61. The lowest BCUT2D eigenvalue weighted by molar-refractivity contribution is 0.122. The Hall–Kier alpha value is -3.97. The lowest BCUT2D eigenvalue weighted by atomic mass is 10.0. The highest BCUT2D eigenvalue weighted by molar-refractivity contribution is 5.96. The third-order valence-electron chi connectivity index (χ3n) is 7.14. The third kappa shape index (κ3) is 4.74. The molecule has 37 heavy (non-hydrogen) atoms. The first-order valence-corrected chi connectivity index (χ1v) is 13.0. The maximum Gasteiger partial charge on any atom is 0.228 e. The number of rotatable bonds is 4. The van der Waals surface area contributed by atoms with Gasteiger partial charge >= 0.3 is 0 Å². The number of fused-ring (bicyclic) bond motifs is 1. The van der Waals surface area contributed by atoms with E-state index in [-0.39, 0.29) is 0 Å². The van der Waals surface area contributed by atoms with Crippen LogP contribution in [0.5, 0.6) is 0 Å². The van der Waals surface area contributed by atoms with Crippen molar-refractivity contribution in [3.8, 4) is 11.3 Å². The first-order chi connectivity index (χ1) is 18.2. The second-order valence-corrected chi connectivity index (χ2v) is 9.65. The van der Waals surface area contributed by atoms with E-state index < -0.39 is 0 Å². The maximum atomic E-state index is 5.61. The first kappa shape index (κ1) is 23.4. The van der Waals surface area contributed by atoms with Gasteiger partial charge < -0.3 is 19.4 Å². The number of hydrogen-bond donors (Lipinski definition) is 0. The molecule has 0 atom stereocenters. The summed E-state index contributed by atoms with van der Waals surface area (Å²) in [5.41, 5.74) is 4.38. The van der Waals surface area contributed by atoms with Gasteiger partial charge in [0.15, 0.2) is 0 Å². The average molecular weight is 493 g/mol. The van der Waals surface area contributed by atoms with Crippen molar-refractivity contribution in [3.05, 3.63) is 84.3 Å². The Morgan fingerprint density at radius 3 is 2.54 bits per heavy atom. The van der Waals surface area contributed by atoms with Crippen molar-refractivity contribution >= 4 is 28.4 Å². The van der Waals surface area contributed by atoms with Crippen LogP contribution in [0, 0.1) is 6.92 Å². The van der Waals surface area contributed by atoms with Gasteiger partial charge in [0.1, 0.15) is 11.6 Å². The molecule has 0 spiro atoms. The summed E-state index contributed by atoms with van der Waals surface area (Å²) in [6, 6.07) is 21.2. The first-order valence-electron chi connectivity index (χ1n) is 13.0. The second-order valence-electron chi connectivity index (χ2n) is 9.65. The zero-order chi connectivity index (χ0) is 25.2. The van der Waals surface area contributed by atoms with Crippen LogP contribution in [0.15, 0.2) is 78.8 Å². The fraction of sp³-hybridized carbons (Fsp3) is 0.300. The van der Waals surface area contributed by atoms with Gasteiger partial charge in [0, 0.05) is 55.9 Å². The third-order valence-corrected chi connectivity index (χ3v) is 7.14. The van der Waals surface area contributed by atoms with E-state index in [1.165, 1.54) is 16.3 Å². The quantitative estimate of drug-likeness (QED) is 0.377. The van der Waals surface area contributed by atoms with Crippen LogP contribution in [-0.2, 0) is 4.74 Å². The van der Waals surface area contributed by atoms with E-state index in [2.05, 4.69) is 94.3 Å². The topological polar surface area (TPSA) is 57.6 Å². The lowest BCUT2D eigenvalue weighted by Gasteiger charge is -2.29. The Labute approximate surface area is 218 Å². The van der Waals surface area contributed by atoms with E-state index in [0.29, 0.717) is 13.2 Å². The number of anilines is 3. The Morgan fingerprint density at radius 2 is 1.68 bits per heavy atom. The molecule has 2 aromatic heterocycles. The molecular formula is C30H32N6O. The number of nitrogens with zero attached hydrogens (tertiary/aromatic N) is 6. The zero-order valence-electron chi connectivity index (χ0n) is 21.5. The molecule has 2 aliphatic heterocycles. The minimum Gasteiger partial charge on any atom is -0.378 e. The monoisotopic (exact) mass is 492 g/mol. The van der Waals surface area contributed by atoms with Crippen molar-refractivity contribution in [1.29, 1.82) is 0 Å². The number of benzene rings is 2. The van der Waals surface area contributed by atoms with Gasteiger partial charge in [-0.05, 0) is 42.7 Å². The molecule has 6 rings (SSSR count). The van der Waals surface area contributed by atoms with Crippen LogP contribution in [-0.4, -0.2) is 54.3 Å². The van der Waals surface area contributed by atoms with Crippen LogP contribution in [0.1, 0.15) is 18.9 Å². The van der Waals surface area contributed by atoms with Crippen molar-refractivity contribution in [2.75, 3.05) is 54.1 Å². The molecule has 188 valence electrons. The van der Waals surface area contributed by atoms with Crippen molar-refractivity contribution in [1.82, 2.24) is 15.0 Å². The van der Waals surface area contributed by atoms with Crippen molar-refractivity contribution in [2.45, 2.75) is 20.3 Å². The molecule has 4 heterocycles. The number of morpholine rings is 1. The van der Waals surface area contributed by atoms with E-state index in [1.807, 2.05) is 12.3 Å². The largest absolute Gasteiger partial charge is 0.378 e. The molecule has 0 N–H and O–H groups in total. The summed E-state index contributed by atoms with van der Waals surface area (Å²) in [5, 5.41) is 2.41. The van der Waals surface area contributed by atoms with E-state index in [1.54, 1.807) is 0 Å². The number of aryl methyl sites for hydroxylation is 1. The molecule has 2 aliphatic rings. The minimum absolute atomic E-state index is 0.693. The second kappa shape index (κ2) is 10.2. The number of aromatic nitrogens is 3. The molecule has 7 nitrogen and oxygen atoms in total. The molecule has 0 bridgehead atoms. The molecule has 0 aliphatic carbocycles. The molecule has 0 radical (unpaired) electrons. The highest BCUT2D eigenvalue weighted by Gasteiger charge is 2.22. The molecule has 2 aromatic carbocycles. The number of allylic oxidation sites excluding steroid dienone is 1. The van der Waals surface area contributed by atoms with E-state index in [4.69, 9.17) is 14.7 Å². The lowest BCUT2D eigenvalue weighted by Crippen LogP contribution is -2.37. The van der Waals surface area contributed by atoms with Gasteiger partial charge in [-0.1, -0.05) is 48.5 Å². The van der Waals surface area contributed by atoms with Gasteiger partial charge in [0.2, 0.25) is 5.95 Å². The zero-order valence-corrected chi connectivity index (χ0v) is 21.5. The van der Waals surface area contributed by atoms with Gasteiger partial charge in [0.25, 0.3) is 0 Å². The van der Waals surface area contributed by atoms with Crippen LogP contribution in [0.4, 0.5) is 17.6 Å². The predicted octanol–water partition coefficient (Wildman–Crippen LogP) is 5.41. The van der Waals surface area contributed by atoms with Crippen molar-refractivity contribution < 1.29 is 4.74 Å². The van der Waals surface area contributed by atoms with Gasteiger partial charge in [0.05, 0.1) is 18.9 Å². The minimum atomic E-state index is 0.693. The van der Waals surface area contributed by atoms with E-state index >= 15 is 0 Å². The van der Waals surface area contributed by atoms with Gasteiger partial charge in [-0.3, -0.25) is 0 Å². The number of pyridine rings is 1. The number of hydrogen-bond acceptors (Lipinski definition) is 7. The molecule has 0 unspecified atom stereocenters. The normalized spacial score (nSPS) is 16.6. The van der Waals surface area contributed by atoms with Crippen molar-refractivity contribution in [3.63, 3.8) is 0 Å². The standard InChI is InChI=1S/C30H32N6O/c1-22-8-6-13-31-29(22)35-14-7-15-36(23(2)21-35)28-20-27(32-30(33-28)34-16-18-37-19-17-34)26-12-5-10-24-9-3-4-11-25(24)26/h3-6,8-13,20-21H,7,14-19H2,1-2H3. The van der Waals surface area contributed by atoms with Gasteiger partial charge in [-0.15, -0.1) is 0 Å². The summed E-state index contributed by atoms with van der Waals surface area (Å²) >= 11 is 0. The summed E-state index contributed by atoms with van der Waals surface area (Å²) in [4.78, 5) is 21.7. The smallest absolute Gasteiger partial charge is 0.228 e. The molecule has 0 saturated carbocycles. The summed E-state index contributed by atoms with van der Waals surface area (Å²) in [7, 11) is 0. The highest BCUT2D eigenvalue weighted by Crippen LogP contribution is 2.33. The Balaban J connectivity index is 1.44. The molecular weight excluding hydrogens is 460 g/mol. The van der Waals surface area contributed by atoms with Gasteiger partial charge in [-0.25, -0.2) is 9.97 Å². The average Bonchev–Trinajstić information content (AvgIpc) is 3.14. The van der Waals surface area contributed by atoms with E-state index in [0.717, 1.165) is 67.1 Å². The molecule has 1 fully saturated rings. The van der Waals surface area contributed by atoms with Crippen molar-refractivity contribution in [2.24, 2.45) is 0 Å². The summed E-state index contributed by atoms with van der Waals surface area (Å²) in [6.07, 6.45) is 5.06. The van der Waals surface area contributed by atoms with Crippen LogP contribution in [0.2, 0.25) is 0 Å².